The van der Waals surface area contributed by atoms with Crippen LogP contribution in [0.25, 0.3) is 0 Å². The summed E-state index contributed by atoms with van der Waals surface area (Å²) in [7, 11) is 1.28. The fourth-order valence-corrected chi connectivity index (χ4v) is 3.93. The van der Waals surface area contributed by atoms with E-state index in [4.69, 9.17) is 4.74 Å². The standard InChI is InChI=1S/C28H41N3O4.BrH/c1-10-19(11-2)12-13-30-14-15-31(25(30)29-26(34)35-9)18-23(32)20-16-21(27(3,4)5)24(33)22(17-20)28(6,7)8;/h12,14-17,33H,10-11,13,18H2,1-9H3;1H/b29-25+;. The van der Waals surface area contributed by atoms with Crippen LogP contribution >= 0.6 is 17.0 Å². The van der Waals surface area contributed by atoms with Gasteiger partial charge in [0.15, 0.2) is 5.78 Å². The molecule has 0 saturated carbocycles. The van der Waals surface area contributed by atoms with Gasteiger partial charge in [-0.05, 0) is 35.8 Å². The molecule has 0 bridgehead atoms. The number of hydrogen-bond donors (Lipinski definition) is 1. The number of phenols is 1. The summed E-state index contributed by atoms with van der Waals surface area (Å²) >= 11 is 0. The van der Waals surface area contributed by atoms with Crippen molar-refractivity contribution >= 4 is 28.9 Å². The van der Waals surface area contributed by atoms with E-state index in [2.05, 4.69) is 24.9 Å². The van der Waals surface area contributed by atoms with Crippen LogP contribution in [0.4, 0.5) is 4.79 Å². The Bertz CT molecular complexity index is 1130. The number of allylic oxidation sites excluding steroid dienone is 2. The number of Topliss-reactive ketones (excluding diaryl/α,β-unsaturated/α-hetero) is 1. The minimum absolute atomic E-state index is 0. The minimum atomic E-state index is -0.726. The number of hydrogen-bond acceptors (Lipinski definition) is 4. The summed E-state index contributed by atoms with van der Waals surface area (Å²) < 4.78 is 8.23. The predicted octanol–water partition coefficient (Wildman–Crippen LogP) is 6.46. The molecule has 0 aliphatic carbocycles. The molecular weight excluding hydrogens is 522 g/mol. The van der Waals surface area contributed by atoms with E-state index in [0.29, 0.717) is 17.7 Å². The van der Waals surface area contributed by atoms with Crippen LogP contribution in [0.15, 0.2) is 41.2 Å². The molecular formula is C28H42BrN3O4. The maximum absolute atomic E-state index is 13.5. The lowest BCUT2D eigenvalue weighted by Gasteiger charge is -2.28. The van der Waals surface area contributed by atoms with Gasteiger partial charge in [0, 0.05) is 35.6 Å². The molecule has 0 saturated heterocycles. The van der Waals surface area contributed by atoms with E-state index in [9.17, 15) is 14.7 Å². The number of imidazole rings is 1. The Hall–Kier alpha value is -2.61. The third-order valence-corrected chi connectivity index (χ3v) is 6.15. The van der Waals surface area contributed by atoms with Gasteiger partial charge >= 0.3 is 6.09 Å². The maximum Gasteiger partial charge on any atom is 0.436 e. The number of carbonyl (C=O) groups excluding carboxylic acids is 2. The first-order valence-electron chi connectivity index (χ1n) is 12.2. The van der Waals surface area contributed by atoms with Crippen LogP contribution < -0.4 is 5.62 Å². The Morgan fingerprint density at radius 3 is 1.92 bits per heavy atom. The predicted molar refractivity (Wildman–Crippen MR) is 149 cm³/mol. The molecule has 0 radical (unpaired) electrons. The summed E-state index contributed by atoms with van der Waals surface area (Å²) in [6.07, 6.45) is 6.86. The Labute approximate surface area is 225 Å². The van der Waals surface area contributed by atoms with Gasteiger partial charge in [-0.2, -0.15) is 0 Å². The van der Waals surface area contributed by atoms with E-state index in [1.54, 1.807) is 22.9 Å². The highest BCUT2D eigenvalue weighted by Crippen LogP contribution is 2.39. The molecule has 1 amide bonds. The summed E-state index contributed by atoms with van der Waals surface area (Å²) in [5, 5.41) is 11.0. The zero-order valence-corrected chi connectivity index (χ0v) is 24.9. The Balaban J connectivity index is 0.00000648. The van der Waals surface area contributed by atoms with Crippen LogP contribution in [-0.2, 0) is 28.7 Å². The first kappa shape index (κ1) is 31.4. The number of halogens is 1. The average Bonchev–Trinajstić information content (AvgIpc) is 3.13. The van der Waals surface area contributed by atoms with Crippen molar-refractivity contribution in [1.29, 1.82) is 0 Å². The quantitative estimate of drug-likeness (QED) is 0.309. The van der Waals surface area contributed by atoms with E-state index in [1.807, 2.05) is 52.3 Å². The third kappa shape index (κ3) is 7.69. The van der Waals surface area contributed by atoms with E-state index in [1.165, 1.54) is 12.7 Å². The van der Waals surface area contributed by atoms with Gasteiger partial charge in [0.2, 0.25) is 5.62 Å². The number of benzene rings is 1. The van der Waals surface area contributed by atoms with Gasteiger partial charge < -0.3 is 19.0 Å². The van der Waals surface area contributed by atoms with Crippen LogP contribution in [-0.4, -0.2) is 33.2 Å². The Kier molecular flexibility index (Phi) is 11.0. The molecule has 0 fully saturated rings. The second kappa shape index (κ2) is 12.6. The first-order valence-corrected chi connectivity index (χ1v) is 12.2. The van der Waals surface area contributed by atoms with E-state index in [0.717, 1.165) is 24.0 Å². The molecule has 1 heterocycles. The number of methoxy groups -OCH3 is 1. The van der Waals surface area contributed by atoms with Crippen molar-refractivity contribution in [2.45, 2.75) is 92.2 Å². The zero-order valence-electron chi connectivity index (χ0n) is 23.1. The average molecular weight is 565 g/mol. The zero-order chi connectivity index (χ0) is 26.6. The Morgan fingerprint density at radius 1 is 0.972 bits per heavy atom. The van der Waals surface area contributed by atoms with Gasteiger partial charge in [0.05, 0.1) is 13.7 Å². The summed E-state index contributed by atoms with van der Waals surface area (Å²) in [6.45, 7) is 16.8. The molecule has 0 atom stereocenters. The monoisotopic (exact) mass is 563 g/mol. The lowest BCUT2D eigenvalue weighted by molar-refractivity contribution is 0.0969. The van der Waals surface area contributed by atoms with Crippen LogP contribution in [0.2, 0.25) is 0 Å². The summed E-state index contributed by atoms with van der Waals surface area (Å²) in [5.74, 6) is 0.0968. The van der Waals surface area contributed by atoms with Crippen LogP contribution in [0.3, 0.4) is 0 Å². The molecule has 200 valence electrons. The summed E-state index contributed by atoms with van der Waals surface area (Å²) in [4.78, 5) is 29.6. The second-order valence-corrected chi connectivity index (χ2v) is 10.9. The smallest absolute Gasteiger partial charge is 0.436 e. The Morgan fingerprint density at radius 2 is 1.47 bits per heavy atom. The second-order valence-electron chi connectivity index (χ2n) is 10.9. The molecule has 1 N–H and O–H groups in total. The molecule has 7 nitrogen and oxygen atoms in total. The normalized spacial score (nSPS) is 12.2. The SMILES string of the molecule is Br.CCC(=CCn1ccn(CC(=O)c2cc(C(C)(C)C)c(O)c(C(C)(C)C)c2)/c1=N/C(=O)OC)CC. The van der Waals surface area contributed by atoms with Gasteiger partial charge in [0.25, 0.3) is 0 Å². The number of ether oxygens (including phenoxy) is 1. The van der Waals surface area contributed by atoms with Gasteiger partial charge in [-0.15, -0.1) is 22.0 Å². The lowest BCUT2D eigenvalue weighted by Crippen LogP contribution is -2.30. The molecule has 1 aromatic carbocycles. The van der Waals surface area contributed by atoms with Gasteiger partial charge in [-0.25, -0.2) is 4.79 Å². The number of aromatic hydroxyl groups is 1. The van der Waals surface area contributed by atoms with Gasteiger partial charge in [0.1, 0.15) is 5.75 Å². The summed E-state index contributed by atoms with van der Waals surface area (Å²) in [5.41, 5.74) is 2.94. The van der Waals surface area contributed by atoms with Gasteiger partial charge in [-0.1, -0.05) is 67.0 Å². The first-order chi connectivity index (χ1) is 16.2. The van der Waals surface area contributed by atoms with Crippen molar-refractivity contribution in [2.75, 3.05) is 7.11 Å². The van der Waals surface area contributed by atoms with Crippen molar-refractivity contribution in [1.82, 2.24) is 9.13 Å². The number of phenolic OH excluding ortho intramolecular Hbond substituents is 1. The summed E-state index contributed by atoms with van der Waals surface area (Å²) in [6, 6.07) is 3.55. The number of nitrogens with zero attached hydrogens (tertiary/aromatic N) is 3. The lowest BCUT2D eigenvalue weighted by atomic mass is 9.78. The molecule has 0 aliphatic rings. The number of aromatic nitrogens is 2. The highest BCUT2D eigenvalue weighted by Gasteiger charge is 2.28. The number of rotatable bonds is 7. The highest BCUT2D eigenvalue weighted by molar-refractivity contribution is 8.93. The molecule has 8 heteroatoms. The minimum Gasteiger partial charge on any atom is -0.507 e. The van der Waals surface area contributed by atoms with Gasteiger partial charge in [-0.3, -0.25) is 4.79 Å². The molecule has 0 aliphatic heterocycles. The largest absolute Gasteiger partial charge is 0.507 e. The molecule has 0 spiro atoms. The van der Waals surface area contributed by atoms with Crippen molar-refractivity contribution < 1.29 is 19.4 Å². The number of ketones is 1. The fourth-order valence-electron chi connectivity index (χ4n) is 3.93. The third-order valence-electron chi connectivity index (χ3n) is 6.15. The maximum atomic E-state index is 13.5. The molecule has 2 rings (SSSR count). The number of carbonyl (C=O) groups is 2. The molecule has 1 aromatic heterocycles. The van der Waals surface area contributed by atoms with Crippen LogP contribution in [0.5, 0.6) is 5.75 Å². The van der Waals surface area contributed by atoms with Crippen molar-refractivity contribution in [3.63, 3.8) is 0 Å². The van der Waals surface area contributed by atoms with E-state index < -0.39 is 6.09 Å². The highest BCUT2D eigenvalue weighted by atomic mass is 79.9. The fraction of sp³-hybridized carbons (Fsp3) is 0.536. The van der Waals surface area contributed by atoms with Crippen molar-refractivity contribution in [2.24, 2.45) is 4.99 Å². The molecule has 36 heavy (non-hydrogen) atoms. The van der Waals surface area contributed by atoms with Crippen molar-refractivity contribution in [3.05, 3.63) is 58.5 Å². The topological polar surface area (TPSA) is 85.8 Å². The molecule has 0 unspecified atom stereocenters. The van der Waals surface area contributed by atoms with Crippen LogP contribution in [0, 0.1) is 0 Å². The van der Waals surface area contributed by atoms with Crippen molar-refractivity contribution in [3.8, 4) is 5.75 Å². The number of amides is 1. The van der Waals surface area contributed by atoms with E-state index >= 15 is 0 Å². The molecule has 2 aromatic rings. The van der Waals surface area contributed by atoms with Crippen LogP contribution in [0.1, 0.15) is 89.7 Å². The van der Waals surface area contributed by atoms with E-state index in [-0.39, 0.29) is 45.9 Å².